The van der Waals surface area contributed by atoms with E-state index in [0.29, 0.717) is 19.6 Å². The number of hydrogen-bond acceptors (Lipinski definition) is 7. The van der Waals surface area contributed by atoms with Crippen LogP contribution < -0.4 is 0 Å². The number of carbonyl (C=O) groups is 1. The van der Waals surface area contributed by atoms with E-state index in [1.165, 1.54) is 6.92 Å². The van der Waals surface area contributed by atoms with Crippen LogP contribution in [0, 0.1) is 0 Å². The molecule has 0 aliphatic carbocycles. The van der Waals surface area contributed by atoms with Crippen LogP contribution in [0.25, 0.3) is 0 Å². The van der Waals surface area contributed by atoms with Gasteiger partial charge in [0.05, 0.1) is 19.4 Å². The van der Waals surface area contributed by atoms with Crippen LogP contribution in [0.3, 0.4) is 0 Å². The van der Waals surface area contributed by atoms with Crippen molar-refractivity contribution >= 4 is 13.6 Å². The van der Waals surface area contributed by atoms with Crippen molar-refractivity contribution in [3.8, 4) is 0 Å². The molecule has 1 heterocycles. The van der Waals surface area contributed by atoms with Crippen molar-refractivity contribution in [3.05, 3.63) is 0 Å². The number of rotatable bonds is 8. The Bertz CT molecular complexity index is 350. The minimum Gasteiger partial charge on any atom is -0.433 e. The lowest BCUT2D eigenvalue weighted by Crippen LogP contribution is -2.24. The summed E-state index contributed by atoms with van der Waals surface area (Å²) in [6, 6.07) is 0. The first-order chi connectivity index (χ1) is 9.40. The van der Waals surface area contributed by atoms with Gasteiger partial charge in [-0.2, -0.15) is 0 Å². The maximum atomic E-state index is 12.3. The van der Waals surface area contributed by atoms with E-state index in [4.69, 9.17) is 23.3 Å². The highest BCUT2D eigenvalue weighted by molar-refractivity contribution is 7.53. The minimum atomic E-state index is -3.11. The van der Waals surface area contributed by atoms with Crippen molar-refractivity contribution in [1.29, 1.82) is 0 Å². The summed E-state index contributed by atoms with van der Waals surface area (Å²) >= 11 is 0. The number of esters is 1. The molecule has 0 bridgehead atoms. The summed E-state index contributed by atoms with van der Waals surface area (Å²) in [4.78, 5) is 10.9. The van der Waals surface area contributed by atoms with Crippen LogP contribution in [0.15, 0.2) is 0 Å². The summed E-state index contributed by atoms with van der Waals surface area (Å²) < 4.78 is 38.5. The first-order valence-electron chi connectivity index (χ1n) is 6.76. The molecule has 8 heteroatoms. The highest BCUT2D eigenvalue weighted by atomic mass is 31.2. The topological polar surface area (TPSA) is 80.3 Å². The molecule has 20 heavy (non-hydrogen) atoms. The van der Waals surface area contributed by atoms with Gasteiger partial charge in [0.25, 0.3) is 0 Å². The molecule has 1 fully saturated rings. The molecule has 118 valence electrons. The Morgan fingerprint density at radius 2 is 1.80 bits per heavy atom. The molecule has 0 aromatic heterocycles. The molecule has 0 N–H and O–H groups in total. The van der Waals surface area contributed by atoms with Gasteiger partial charge in [0.15, 0.2) is 6.29 Å². The van der Waals surface area contributed by atoms with Crippen LogP contribution in [-0.2, 0) is 32.6 Å². The van der Waals surface area contributed by atoms with E-state index in [2.05, 4.69) is 0 Å². The second-order valence-corrected chi connectivity index (χ2v) is 6.53. The maximum absolute atomic E-state index is 12.3. The third-order valence-corrected chi connectivity index (χ3v) is 4.72. The van der Waals surface area contributed by atoms with Gasteiger partial charge < -0.3 is 23.3 Å². The van der Waals surface area contributed by atoms with E-state index in [1.54, 1.807) is 20.8 Å². The highest BCUT2D eigenvalue weighted by Crippen LogP contribution is 2.49. The van der Waals surface area contributed by atoms with Gasteiger partial charge in [-0.3, -0.25) is 9.36 Å². The molecule has 0 radical (unpaired) electrons. The first kappa shape index (κ1) is 17.6. The normalized spacial score (nSPS) is 26.7. The van der Waals surface area contributed by atoms with Gasteiger partial charge in [-0.1, -0.05) is 0 Å². The molecule has 0 amide bonds. The molecule has 1 aliphatic rings. The predicted octanol–water partition coefficient (Wildman–Crippen LogP) is 2.29. The Balaban J connectivity index is 2.45. The highest BCUT2D eigenvalue weighted by Gasteiger charge is 2.37. The SMILES string of the molecule is CCOP(=O)(CC[C@@H]1OC(OC(C)=O)[C@@H](C)O1)OCC. The molecule has 1 saturated heterocycles. The van der Waals surface area contributed by atoms with E-state index < -0.39 is 26.1 Å². The van der Waals surface area contributed by atoms with Crippen molar-refractivity contribution in [3.63, 3.8) is 0 Å². The molecule has 0 aromatic rings. The summed E-state index contributed by atoms with van der Waals surface area (Å²) in [5.74, 6) is -0.430. The predicted molar refractivity (Wildman–Crippen MR) is 71.3 cm³/mol. The van der Waals surface area contributed by atoms with Crippen LogP contribution in [-0.4, -0.2) is 44.0 Å². The van der Waals surface area contributed by atoms with Crippen molar-refractivity contribution in [1.82, 2.24) is 0 Å². The molecule has 0 spiro atoms. The fourth-order valence-corrected chi connectivity index (χ4v) is 3.49. The zero-order valence-corrected chi connectivity index (χ0v) is 13.3. The van der Waals surface area contributed by atoms with Crippen molar-refractivity contribution < 1.29 is 32.6 Å². The van der Waals surface area contributed by atoms with Gasteiger partial charge >= 0.3 is 13.6 Å². The Morgan fingerprint density at radius 1 is 1.20 bits per heavy atom. The minimum absolute atomic E-state index is 0.193. The Morgan fingerprint density at radius 3 is 2.30 bits per heavy atom. The second kappa shape index (κ2) is 8.10. The average Bonchev–Trinajstić information content (AvgIpc) is 2.68. The van der Waals surface area contributed by atoms with Crippen LogP contribution in [0.4, 0.5) is 0 Å². The summed E-state index contributed by atoms with van der Waals surface area (Å²) in [5.41, 5.74) is 0. The maximum Gasteiger partial charge on any atom is 0.330 e. The third-order valence-electron chi connectivity index (χ3n) is 2.61. The van der Waals surface area contributed by atoms with Gasteiger partial charge in [-0.25, -0.2) is 0 Å². The van der Waals surface area contributed by atoms with Gasteiger partial charge in [-0.05, 0) is 20.8 Å². The lowest BCUT2D eigenvalue weighted by atomic mass is 10.4. The van der Waals surface area contributed by atoms with Crippen LogP contribution in [0.5, 0.6) is 0 Å². The van der Waals surface area contributed by atoms with E-state index in [9.17, 15) is 9.36 Å². The molecule has 3 atom stereocenters. The molecule has 0 aromatic carbocycles. The quantitative estimate of drug-likeness (QED) is 0.502. The lowest BCUT2D eigenvalue weighted by molar-refractivity contribution is -0.175. The zero-order chi connectivity index (χ0) is 15.2. The van der Waals surface area contributed by atoms with Gasteiger partial charge in [0, 0.05) is 13.3 Å². The van der Waals surface area contributed by atoms with E-state index in [0.717, 1.165) is 0 Å². The first-order valence-corrected chi connectivity index (χ1v) is 8.49. The standard InChI is InChI=1S/C12H23O7P/c1-5-15-20(14,16-6-2)8-7-11-17-9(3)12(19-11)18-10(4)13/h9,11-12H,5-8H2,1-4H3/t9-,11+,12?/m1/s1. The summed E-state index contributed by atoms with van der Waals surface area (Å²) in [7, 11) is -3.11. The zero-order valence-electron chi connectivity index (χ0n) is 12.4. The number of hydrogen-bond donors (Lipinski definition) is 0. The summed E-state index contributed by atoms with van der Waals surface area (Å²) in [5, 5.41) is 0. The Labute approximate surface area is 119 Å². The molecular formula is C12H23O7P. The van der Waals surface area contributed by atoms with Crippen molar-refractivity contribution in [2.75, 3.05) is 19.4 Å². The van der Waals surface area contributed by atoms with Crippen molar-refractivity contribution in [2.45, 2.75) is 52.8 Å². The molecule has 1 unspecified atom stereocenters. The number of ether oxygens (including phenoxy) is 3. The molecular weight excluding hydrogens is 287 g/mol. The largest absolute Gasteiger partial charge is 0.433 e. The van der Waals surface area contributed by atoms with Crippen LogP contribution in [0.1, 0.15) is 34.1 Å². The van der Waals surface area contributed by atoms with E-state index in [-0.39, 0.29) is 12.3 Å². The third kappa shape index (κ3) is 5.50. The monoisotopic (exact) mass is 310 g/mol. The van der Waals surface area contributed by atoms with Crippen LogP contribution in [0.2, 0.25) is 0 Å². The second-order valence-electron chi connectivity index (χ2n) is 4.34. The van der Waals surface area contributed by atoms with Gasteiger partial charge in [0.2, 0.25) is 6.29 Å². The smallest absolute Gasteiger partial charge is 0.330 e. The lowest BCUT2D eigenvalue weighted by Gasteiger charge is -2.18. The van der Waals surface area contributed by atoms with Gasteiger partial charge in [-0.15, -0.1) is 0 Å². The fourth-order valence-electron chi connectivity index (χ4n) is 1.84. The van der Waals surface area contributed by atoms with Crippen LogP contribution >= 0.6 is 7.60 Å². The van der Waals surface area contributed by atoms with Crippen molar-refractivity contribution in [2.24, 2.45) is 0 Å². The fraction of sp³-hybridized carbons (Fsp3) is 0.917. The summed E-state index contributed by atoms with van der Waals surface area (Å²) in [6.45, 7) is 7.20. The average molecular weight is 310 g/mol. The van der Waals surface area contributed by atoms with E-state index >= 15 is 0 Å². The molecule has 7 nitrogen and oxygen atoms in total. The van der Waals surface area contributed by atoms with E-state index in [1.807, 2.05) is 0 Å². The number of carbonyl (C=O) groups excluding carboxylic acids is 1. The Kier molecular flexibility index (Phi) is 7.12. The Hall–Kier alpha value is -0.460. The molecule has 0 saturated carbocycles. The molecule has 1 rings (SSSR count). The summed E-state index contributed by atoms with van der Waals surface area (Å²) in [6.07, 6.45) is -1.12. The van der Waals surface area contributed by atoms with Gasteiger partial charge in [0.1, 0.15) is 6.10 Å². The molecule has 1 aliphatic heterocycles.